The summed E-state index contributed by atoms with van der Waals surface area (Å²) in [5.41, 5.74) is 3.97. The highest BCUT2D eigenvalue weighted by Crippen LogP contribution is 2.43. The second-order valence-corrected chi connectivity index (χ2v) is 13.8. The molecule has 276 valence electrons. The number of carbonyl (C=O) groups excluding carboxylic acids is 2. The lowest BCUT2D eigenvalue weighted by Crippen LogP contribution is -2.51. The molecule has 3 atom stereocenters. The summed E-state index contributed by atoms with van der Waals surface area (Å²) in [6, 6.07) is 17.3. The Labute approximate surface area is 309 Å². The van der Waals surface area contributed by atoms with Gasteiger partial charge >= 0.3 is 0 Å². The molecule has 1 aliphatic heterocycles. The number of ether oxygens (including phenoxy) is 1. The third-order valence-electron chi connectivity index (χ3n) is 9.42. The van der Waals surface area contributed by atoms with Gasteiger partial charge in [0.15, 0.2) is 11.5 Å². The van der Waals surface area contributed by atoms with Crippen LogP contribution in [0.3, 0.4) is 0 Å². The number of aryl methyl sites for hydroxylation is 1. The number of β-amino-alcohol motifs (C(OH)–C–C–N with tert-alkyl or cyclic N) is 1. The number of aromatic hydroxyl groups is 1. The van der Waals surface area contributed by atoms with Gasteiger partial charge in [-0.2, -0.15) is 0 Å². The van der Waals surface area contributed by atoms with E-state index in [0.29, 0.717) is 47.8 Å². The van der Waals surface area contributed by atoms with E-state index in [1.807, 2.05) is 36.9 Å². The molecule has 0 fully saturated rings. The number of carbonyl (C=O) groups is 2. The van der Waals surface area contributed by atoms with Gasteiger partial charge < -0.3 is 25.2 Å². The normalized spacial score (nSPS) is 15.4. The molecule has 0 radical (unpaired) electrons. The Hall–Kier alpha value is -4.51. The summed E-state index contributed by atoms with van der Waals surface area (Å²) in [5, 5.41) is 26.7. The maximum Gasteiger partial charge on any atom is 0.253 e. The zero-order valence-electron chi connectivity index (χ0n) is 30.0. The van der Waals surface area contributed by atoms with Crippen molar-refractivity contribution in [3.8, 4) is 11.5 Å². The Morgan fingerprint density at radius 1 is 0.981 bits per heavy atom. The van der Waals surface area contributed by atoms with Crippen LogP contribution in [0.15, 0.2) is 72.8 Å². The van der Waals surface area contributed by atoms with Crippen molar-refractivity contribution in [2.75, 3.05) is 33.3 Å². The van der Waals surface area contributed by atoms with Crippen molar-refractivity contribution in [3.63, 3.8) is 0 Å². The van der Waals surface area contributed by atoms with Crippen molar-refractivity contribution >= 4 is 23.4 Å². The number of amides is 2. The molecule has 0 saturated heterocycles. The first-order valence-corrected chi connectivity index (χ1v) is 18.0. The van der Waals surface area contributed by atoms with Crippen molar-refractivity contribution in [2.24, 2.45) is 0 Å². The van der Waals surface area contributed by atoms with Crippen LogP contribution < -0.4 is 10.1 Å². The van der Waals surface area contributed by atoms with E-state index >= 15 is 0 Å². The van der Waals surface area contributed by atoms with Crippen molar-refractivity contribution in [1.29, 1.82) is 0 Å². The Morgan fingerprint density at radius 2 is 1.67 bits per heavy atom. The monoisotopic (exact) mass is 733 g/mol. The van der Waals surface area contributed by atoms with Gasteiger partial charge in [-0.25, -0.2) is 8.78 Å². The molecule has 1 unspecified atom stereocenters. The number of nitrogens with one attached hydrogen (secondary N) is 1. The molecule has 0 spiro atoms. The average Bonchev–Trinajstić information content (AvgIpc) is 3.10. The number of methoxy groups -OCH3 is 1. The largest absolute Gasteiger partial charge is 0.504 e. The number of hydrogen-bond acceptors (Lipinski definition) is 6. The van der Waals surface area contributed by atoms with Gasteiger partial charge in [0.1, 0.15) is 11.6 Å². The van der Waals surface area contributed by atoms with E-state index in [2.05, 4.69) is 5.32 Å². The number of aliphatic hydroxyl groups is 1. The zero-order chi connectivity index (χ0) is 37.5. The lowest BCUT2D eigenvalue weighted by Gasteiger charge is -2.40. The molecule has 0 aromatic heterocycles. The molecule has 52 heavy (non-hydrogen) atoms. The quantitative estimate of drug-likeness (QED) is 0.126. The van der Waals surface area contributed by atoms with Gasteiger partial charge in [-0.3, -0.25) is 14.5 Å². The van der Waals surface area contributed by atoms with E-state index < -0.39 is 35.7 Å². The van der Waals surface area contributed by atoms with Crippen LogP contribution in [-0.2, 0) is 12.8 Å². The summed E-state index contributed by atoms with van der Waals surface area (Å²) in [5.74, 6) is -2.05. The number of para-hydroxylation sites is 1. The minimum absolute atomic E-state index is 0.0105. The summed E-state index contributed by atoms with van der Waals surface area (Å²) < 4.78 is 34.1. The van der Waals surface area contributed by atoms with Crippen LogP contribution in [-0.4, -0.2) is 77.3 Å². The first-order chi connectivity index (χ1) is 24.9. The molecule has 3 N–H and O–H groups in total. The van der Waals surface area contributed by atoms with Crippen LogP contribution in [0.1, 0.15) is 81.3 Å². The zero-order valence-corrected chi connectivity index (χ0v) is 30.7. The van der Waals surface area contributed by atoms with Crippen LogP contribution in [0.4, 0.5) is 8.78 Å². The standard InChI is InChI=1S/C41H46ClF2N3O5/c1-5-13-46(14-6-2)41(51)29-17-25(3)16-28(21-29)40(50)45-35(20-26-18-31(43)23-32(44)19-26)36(48)24-47-15-12-27-10-11-30(42)22-34(27)38(47)33-8-7-9-37(52-4)39(33)49/h7-11,16-19,21-23,35-36,38,48-49H,5-6,12-15,20,24H2,1-4H3,(H,45,50)/t35-,36+,38?/m0/s1. The van der Waals surface area contributed by atoms with Crippen LogP contribution in [0, 0.1) is 18.6 Å². The molecule has 1 aliphatic rings. The van der Waals surface area contributed by atoms with Crippen molar-refractivity contribution in [3.05, 3.63) is 128 Å². The van der Waals surface area contributed by atoms with Gasteiger partial charge in [0, 0.05) is 54.0 Å². The molecular formula is C41H46ClF2N3O5. The molecule has 4 aromatic rings. The van der Waals surface area contributed by atoms with Crippen molar-refractivity contribution in [1.82, 2.24) is 15.1 Å². The molecule has 11 heteroatoms. The highest BCUT2D eigenvalue weighted by atomic mass is 35.5. The van der Waals surface area contributed by atoms with E-state index in [4.69, 9.17) is 16.3 Å². The predicted molar refractivity (Wildman–Crippen MR) is 198 cm³/mol. The molecule has 5 rings (SSSR count). The lowest BCUT2D eigenvalue weighted by molar-refractivity contribution is 0.0574. The highest BCUT2D eigenvalue weighted by molar-refractivity contribution is 6.30. The smallest absolute Gasteiger partial charge is 0.253 e. The molecule has 8 nitrogen and oxygen atoms in total. The molecule has 2 amide bonds. The average molecular weight is 734 g/mol. The Balaban J connectivity index is 1.49. The fourth-order valence-corrected chi connectivity index (χ4v) is 7.26. The fourth-order valence-electron chi connectivity index (χ4n) is 7.08. The first-order valence-electron chi connectivity index (χ1n) is 17.6. The summed E-state index contributed by atoms with van der Waals surface area (Å²) in [6.07, 6.45) is 0.866. The summed E-state index contributed by atoms with van der Waals surface area (Å²) in [4.78, 5) is 31.2. The third kappa shape index (κ3) is 9.10. The number of hydrogen-bond donors (Lipinski definition) is 3. The maximum absolute atomic E-state index is 14.4. The number of aliphatic hydroxyl groups excluding tert-OH is 1. The van der Waals surface area contributed by atoms with E-state index in [-0.39, 0.29) is 41.5 Å². The van der Waals surface area contributed by atoms with Crippen LogP contribution >= 0.6 is 11.6 Å². The molecule has 0 aliphatic carbocycles. The lowest BCUT2D eigenvalue weighted by atomic mass is 9.87. The third-order valence-corrected chi connectivity index (χ3v) is 9.66. The number of halogens is 3. The maximum atomic E-state index is 14.4. The van der Waals surface area contributed by atoms with Gasteiger partial charge in [0.2, 0.25) is 0 Å². The van der Waals surface area contributed by atoms with E-state index in [1.165, 1.54) is 19.2 Å². The molecule has 0 bridgehead atoms. The van der Waals surface area contributed by atoms with Crippen LogP contribution in [0.25, 0.3) is 0 Å². The van der Waals surface area contributed by atoms with Gasteiger partial charge in [0.05, 0.1) is 25.3 Å². The number of phenols is 1. The number of fused-ring (bicyclic) bond motifs is 1. The van der Waals surface area contributed by atoms with Crippen LogP contribution in [0.2, 0.25) is 5.02 Å². The summed E-state index contributed by atoms with van der Waals surface area (Å²) in [6.45, 7) is 7.47. The molecular weight excluding hydrogens is 688 g/mol. The van der Waals surface area contributed by atoms with Gasteiger partial charge in [-0.15, -0.1) is 0 Å². The Bertz CT molecular complexity index is 1880. The SMILES string of the molecule is CCCN(CCC)C(=O)c1cc(C)cc(C(=O)N[C@@H](Cc2cc(F)cc(F)c2)[C@H](O)CN2CCc3ccc(Cl)cc3C2c2cccc(OC)c2O)c1. The number of rotatable bonds is 14. The van der Waals surface area contributed by atoms with Crippen LogP contribution in [0.5, 0.6) is 11.5 Å². The summed E-state index contributed by atoms with van der Waals surface area (Å²) >= 11 is 6.47. The number of phenolic OH excluding ortho intramolecular Hbond substituents is 1. The minimum Gasteiger partial charge on any atom is -0.504 e. The highest BCUT2D eigenvalue weighted by Gasteiger charge is 2.35. The fraction of sp³-hybridized carbons (Fsp3) is 0.366. The van der Waals surface area contributed by atoms with E-state index in [9.17, 15) is 28.6 Å². The topological polar surface area (TPSA) is 102 Å². The second kappa shape index (κ2) is 17.3. The van der Waals surface area contributed by atoms with Gasteiger partial charge in [-0.1, -0.05) is 43.6 Å². The second-order valence-electron chi connectivity index (χ2n) is 13.4. The number of benzene rings is 4. The summed E-state index contributed by atoms with van der Waals surface area (Å²) in [7, 11) is 1.47. The van der Waals surface area contributed by atoms with Gasteiger partial charge in [-0.05, 0) is 103 Å². The van der Waals surface area contributed by atoms with Crippen molar-refractivity contribution < 1.29 is 33.3 Å². The van der Waals surface area contributed by atoms with Crippen molar-refractivity contribution in [2.45, 2.75) is 64.6 Å². The first kappa shape index (κ1) is 38.7. The Morgan fingerprint density at radius 3 is 2.35 bits per heavy atom. The minimum atomic E-state index is -1.25. The number of nitrogens with zero attached hydrogens (tertiary/aromatic N) is 2. The van der Waals surface area contributed by atoms with Gasteiger partial charge in [0.25, 0.3) is 11.8 Å². The molecule has 1 heterocycles. The molecule has 4 aromatic carbocycles. The van der Waals surface area contributed by atoms with E-state index in [1.54, 1.807) is 48.2 Å². The predicted octanol–water partition coefficient (Wildman–Crippen LogP) is 7.25. The Kier molecular flexibility index (Phi) is 12.9. The molecule has 0 saturated carbocycles. The van der Waals surface area contributed by atoms with E-state index in [0.717, 1.165) is 30.0 Å².